The summed E-state index contributed by atoms with van der Waals surface area (Å²) in [5, 5.41) is 14.1. The fourth-order valence-electron chi connectivity index (χ4n) is 2.13. The summed E-state index contributed by atoms with van der Waals surface area (Å²) in [6, 6.07) is 5.14. The largest absolute Gasteiger partial charge is 0.371 e. The number of anilines is 1. The Kier molecular flexibility index (Phi) is 2.22. The van der Waals surface area contributed by atoms with Crippen LogP contribution in [0.1, 0.15) is 26.3 Å². The van der Waals surface area contributed by atoms with Gasteiger partial charge in [-0.1, -0.05) is 18.2 Å². The monoisotopic (exact) mass is 218 g/mol. The molecule has 4 nitrogen and oxygen atoms in total. The van der Waals surface area contributed by atoms with E-state index < -0.39 is 0 Å². The maximum Gasteiger partial charge on any atom is 0.292 e. The molecular weight excluding hydrogens is 204 g/mol. The van der Waals surface area contributed by atoms with Crippen LogP contribution in [0.2, 0.25) is 0 Å². The van der Waals surface area contributed by atoms with Gasteiger partial charge in [0.15, 0.2) is 0 Å². The first-order chi connectivity index (χ1) is 7.41. The molecular formula is C12H14N2O2. The maximum atomic E-state index is 10.9. The van der Waals surface area contributed by atoms with E-state index in [4.69, 9.17) is 0 Å². The van der Waals surface area contributed by atoms with Crippen molar-refractivity contribution >= 4 is 16.9 Å². The van der Waals surface area contributed by atoms with Crippen LogP contribution in [0.4, 0.5) is 11.4 Å². The van der Waals surface area contributed by atoms with Crippen molar-refractivity contribution in [1.29, 1.82) is 0 Å². The highest BCUT2D eigenvalue weighted by molar-refractivity contribution is 5.85. The number of allylic oxidation sites excluding steroid dienone is 1. The number of nitrogens with zero attached hydrogens (tertiary/aromatic N) is 1. The van der Waals surface area contributed by atoms with Crippen LogP contribution in [0.5, 0.6) is 0 Å². The highest BCUT2D eigenvalue weighted by Crippen LogP contribution is 2.39. The van der Waals surface area contributed by atoms with Crippen LogP contribution >= 0.6 is 0 Å². The molecule has 0 spiro atoms. The Hall–Kier alpha value is -1.84. The molecule has 0 radical (unpaired) electrons. The van der Waals surface area contributed by atoms with Crippen molar-refractivity contribution in [3.05, 3.63) is 40.0 Å². The van der Waals surface area contributed by atoms with Crippen LogP contribution in [0, 0.1) is 10.1 Å². The molecule has 4 heteroatoms. The van der Waals surface area contributed by atoms with Crippen LogP contribution < -0.4 is 5.32 Å². The molecule has 0 saturated carbocycles. The van der Waals surface area contributed by atoms with E-state index in [1.54, 1.807) is 6.07 Å². The molecule has 1 aliphatic heterocycles. The maximum absolute atomic E-state index is 10.9. The predicted octanol–water partition coefficient (Wildman–Crippen LogP) is 3.20. The number of benzene rings is 1. The third kappa shape index (κ3) is 1.66. The lowest BCUT2D eigenvalue weighted by molar-refractivity contribution is -0.384. The molecule has 1 aromatic rings. The minimum atomic E-state index is -0.347. The number of hydrogen-bond acceptors (Lipinski definition) is 3. The molecule has 0 fully saturated rings. The van der Waals surface area contributed by atoms with Crippen molar-refractivity contribution < 1.29 is 4.92 Å². The highest BCUT2D eigenvalue weighted by Gasteiger charge is 2.28. The molecule has 2 rings (SSSR count). The molecule has 84 valence electrons. The van der Waals surface area contributed by atoms with Gasteiger partial charge >= 0.3 is 0 Å². The van der Waals surface area contributed by atoms with Crippen LogP contribution in [0.25, 0.3) is 5.57 Å². The lowest BCUT2D eigenvalue weighted by Crippen LogP contribution is -2.31. The number of hydrogen-bond donors (Lipinski definition) is 1. The van der Waals surface area contributed by atoms with Gasteiger partial charge in [0.25, 0.3) is 5.69 Å². The third-order valence-corrected chi connectivity index (χ3v) is 2.69. The van der Waals surface area contributed by atoms with Gasteiger partial charge in [0.05, 0.1) is 10.5 Å². The number of nitrogens with one attached hydrogen (secondary N) is 1. The van der Waals surface area contributed by atoms with E-state index in [9.17, 15) is 10.1 Å². The van der Waals surface area contributed by atoms with Crippen LogP contribution in [-0.2, 0) is 0 Å². The minimum Gasteiger partial charge on any atom is -0.371 e. The molecule has 0 bridgehead atoms. The van der Waals surface area contributed by atoms with E-state index in [0.717, 1.165) is 11.1 Å². The van der Waals surface area contributed by atoms with Gasteiger partial charge in [-0.25, -0.2) is 0 Å². The molecule has 0 aromatic heterocycles. The highest BCUT2D eigenvalue weighted by atomic mass is 16.6. The van der Waals surface area contributed by atoms with Crippen LogP contribution in [-0.4, -0.2) is 10.5 Å². The normalized spacial score (nSPS) is 17.1. The Morgan fingerprint density at radius 3 is 2.69 bits per heavy atom. The Bertz CT molecular complexity index is 490. The fourth-order valence-corrected chi connectivity index (χ4v) is 2.13. The van der Waals surface area contributed by atoms with Gasteiger partial charge in [0.2, 0.25) is 0 Å². The summed E-state index contributed by atoms with van der Waals surface area (Å²) in [5.74, 6) is 0. The van der Waals surface area contributed by atoms with Gasteiger partial charge in [-0.3, -0.25) is 10.1 Å². The first-order valence-corrected chi connectivity index (χ1v) is 5.16. The van der Waals surface area contributed by atoms with Crippen molar-refractivity contribution in [2.75, 3.05) is 5.32 Å². The first kappa shape index (κ1) is 10.7. The second-order valence-electron chi connectivity index (χ2n) is 4.63. The average molecular weight is 218 g/mol. The number of rotatable bonds is 1. The third-order valence-electron chi connectivity index (χ3n) is 2.69. The van der Waals surface area contributed by atoms with Gasteiger partial charge in [-0.15, -0.1) is 0 Å². The second-order valence-corrected chi connectivity index (χ2v) is 4.63. The lowest BCUT2D eigenvalue weighted by Gasteiger charge is -2.30. The number of nitro benzene ring substituents is 1. The van der Waals surface area contributed by atoms with Crippen LogP contribution in [0.15, 0.2) is 24.3 Å². The fraction of sp³-hybridized carbons (Fsp3) is 0.333. The topological polar surface area (TPSA) is 55.2 Å². The van der Waals surface area contributed by atoms with E-state index in [1.165, 1.54) is 6.07 Å². The molecule has 1 aromatic carbocycles. The molecule has 0 saturated heterocycles. The van der Waals surface area contributed by atoms with Crippen molar-refractivity contribution in [2.24, 2.45) is 0 Å². The van der Waals surface area contributed by atoms with E-state index in [2.05, 4.69) is 11.4 Å². The zero-order valence-electron chi connectivity index (χ0n) is 9.57. The van der Waals surface area contributed by atoms with E-state index >= 15 is 0 Å². The van der Waals surface area contributed by atoms with Gasteiger partial charge in [0.1, 0.15) is 5.69 Å². The summed E-state index contributed by atoms with van der Waals surface area (Å²) in [7, 11) is 0. The van der Waals surface area contributed by atoms with Crippen molar-refractivity contribution in [1.82, 2.24) is 0 Å². The molecule has 0 unspecified atom stereocenters. The number of nitro groups is 1. The summed E-state index contributed by atoms with van der Waals surface area (Å²) in [6.45, 7) is 5.97. The molecule has 1 heterocycles. The Morgan fingerprint density at radius 1 is 1.38 bits per heavy atom. The number of fused-ring (bicyclic) bond motifs is 1. The zero-order chi connectivity index (χ0) is 11.9. The Labute approximate surface area is 94.1 Å². The lowest BCUT2D eigenvalue weighted by atomic mass is 9.91. The van der Waals surface area contributed by atoms with Crippen molar-refractivity contribution in [3.63, 3.8) is 0 Å². The first-order valence-electron chi connectivity index (χ1n) is 5.16. The van der Waals surface area contributed by atoms with Gasteiger partial charge in [0, 0.05) is 11.6 Å². The smallest absolute Gasteiger partial charge is 0.292 e. The van der Waals surface area contributed by atoms with Gasteiger partial charge < -0.3 is 5.32 Å². The molecule has 0 aliphatic carbocycles. The quantitative estimate of drug-likeness (QED) is 0.581. The number of para-hydroxylation sites is 1. The molecule has 16 heavy (non-hydrogen) atoms. The minimum absolute atomic E-state index is 0.137. The summed E-state index contributed by atoms with van der Waals surface area (Å²) < 4.78 is 0. The molecule has 1 N–H and O–H groups in total. The van der Waals surface area contributed by atoms with Gasteiger partial charge in [-0.2, -0.15) is 0 Å². The summed E-state index contributed by atoms with van der Waals surface area (Å²) in [4.78, 5) is 10.6. The van der Waals surface area contributed by atoms with Crippen molar-refractivity contribution in [3.8, 4) is 0 Å². The Balaban J connectivity index is 2.65. The van der Waals surface area contributed by atoms with E-state index in [0.29, 0.717) is 5.69 Å². The molecule has 0 amide bonds. The second kappa shape index (κ2) is 3.33. The molecule has 1 aliphatic rings. The SMILES string of the molecule is CC1=CC(C)(C)Nc2c1cccc2[N+](=O)[O-]. The van der Waals surface area contributed by atoms with Gasteiger partial charge in [-0.05, 0) is 26.3 Å². The Morgan fingerprint density at radius 2 is 2.06 bits per heavy atom. The predicted molar refractivity (Wildman–Crippen MR) is 64.4 cm³/mol. The van der Waals surface area contributed by atoms with E-state index in [1.807, 2.05) is 26.8 Å². The van der Waals surface area contributed by atoms with E-state index in [-0.39, 0.29) is 16.1 Å². The van der Waals surface area contributed by atoms with Crippen LogP contribution in [0.3, 0.4) is 0 Å². The summed E-state index contributed by atoms with van der Waals surface area (Å²) in [5.41, 5.74) is 2.50. The summed E-state index contributed by atoms with van der Waals surface area (Å²) >= 11 is 0. The standard InChI is InChI=1S/C12H14N2O2/c1-8-7-12(2,3)13-11-9(8)5-4-6-10(11)14(15)16/h4-7,13H,1-3H3. The summed E-state index contributed by atoms with van der Waals surface area (Å²) in [6.07, 6.45) is 2.08. The zero-order valence-corrected chi connectivity index (χ0v) is 9.57. The average Bonchev–Trinajstić information content (AvgIpc) is 2.14. The molecule has 0 atom stereocenters. The van der Waals surface area contributed by atoms with Crippen molar-refractivity contribution in [2.45, 2.75) is 26.3 Å².